The summed E-state index contributed by atoms with van der Waals surface area (Å²) in [6.07, 6.45) is 6.88. The molecule has 0 spiro atoms. The number of hydrogen-bond acceptors (Lipinski definition) is 9. The van der Waals surface area contributed by atoms with E-state index in [1.807, 2.05) is 55.5 Å². The first kappa shape index (κ1) is 26.4. The summed E-state index contributed by atoms with van der Waals surface area (Å²) >= 11 is 0. The lowest BCUT2D eigenvalue weighted by Crippen LogP contribution is -2.15. The second-order valence-corrected chi connectivity index (χ2v) is 9.15. The molecular formula is C31H28N6O3. The number of aromatic nitrogens is 3. The average molecular weight is 533 g/mol. The first-order valence-corrected chi connectivity index (χ1v) is 12.9. The van der Waals surface area contributed by atoms with Gasteiger partial charge in [0.1, 0.15) is 23.7 Å². The van der Waals surface area contributed by atoms with Crippen molar-refractivity contribution in [3.05, 3.63) is 101 Å². The molecule has 9 heteroatoms. The molecule has 0 radical (unpaired) electrons. The molecule has 0 aliphatic heterocycles. The van der Waals surface area contributed by atoms with Gasteiger partial charge in [-0.25, -0.2) is 9.78 Å². The highest BCUT2D eigenvalue weighted by atomic mass is 16.5. The third kappa shape index (κ3) is 6.10. The third-order valence-corrected chi connectivity index (χ3v) is 6.23. The summed E-state index contributed by atoms with van der Waals surface area (Å²) in [7, 11) is 0. The number of nitrogens with two attached hydrogens (primary N) is 1. The number of rotatable bonds is 9. The molecule has 1 aromatic carbocycles. The van der Waals surface area contributed by atoms with Crippen LogP contribution in [0, 0.1) is 6.92 Å². The Bertz CT molecular complexity index is 1760. The summed E-state index contributed by atoms with van der Waals surface area (Å²) in [5.41, 5.74) is 5.88. The van der Waals surface area contributed by atoms with Gasteiger partial charge in [0.15, 0.2) is 0 Å². The molecule has 9 nitrogen and oxygen atoms in total. The van der Waals surface area contributed by atoms with Crippen molar-refractivity contribution in [3.8, 4) is 28.5 Å². The van der Waals surface area contributed by atoms with Gasteiger partial charge in [-0.3, -0.25) is 15.0 Å². The number of nitrogens with zero attached hydrogens (tertiary/aromatic N) is 5. The summed E-state index contributed by atoms with van der Waals surface area (Å²) < 4.78 is 11.4. The quantitative estimate of drug-likeness (QED) is 0.112. The molecule has 0 fully saturated rings. The Morgan fingerprint density at radius 3 is 2.65 bits per heavy atom. The van der Waals surface area contributed by atoms with E-state index in [4.69, 9.17) is 20.0 Å². The number of aliphatic imine (C=N–C) groups is 1. The van der Waals surface area contributed by atoms with Crippen LogP contribution in [0.4, 0.5) is 5.69 Å². The van der Waals surface area contributed by atoms with E-state index in [2.05, 4.69) is 33.1 Å². The lowest BCUT2D eigenvalue weighted by molar-refractivity contribution is 0.378. The number of ether oxygens (including phenoxy) is 1. The molecule has 4 aromatic heterocycles. The highest BCUT2D eigenvalue weighted by Crippen LogP contribution is 2.29. The molecule has 0 amide bonds. The smallest absolute Gasteiger partial charge is 0.336 e. The zero-order chi connectivity index (χ0) is 27.9. The Morgan fingerprint density at radius 2 is 1.85 bits per heavy atom. The molecule has 4 heterocycles. The average Bonchev–Trinajstić information content (AvgIpc) is 2.98. The van der Waals surface area contributed by atoms with Gasteiger partial charge >= 0.3 is 5.63 Å². The number of aryl methyl sites for hydroxylation is 2. The minimum Gasteiger partial charge on any atom is -0.487 e. The van der Waals surface area contributed by atoms with Crippen LogP contribution in [0.3, 0.4) is 0 Å². The minimum absolute atomic E-state index is 0.0664. The molecular weight excluding hydrogens is 504 g/mol. The first-order chi connectivity index (χ1) is 19.5. The van der Waals surface area contributed by atoms with Gasteiger partial charge in [0.25, 0.3) is 0 Å². The zero-order valence-electron chi connectivity index (χ0n) is 22.2. The SMILES string of the molecule is CCCc1cccnc1-c1cc(OC/C(C=Nc2ccc3c(C)cc(=O)oc3c2)=N/N)cc(-c2ccccn2)n1. The van der Waals surface area contributed by atoms with Crippen molar-refractivity contribution in [2.24, 2.45) is 15.9 Å². The maximum Gasteiger partial charge on any atom is 0.336 e. The number of pyridine rings is 3. The third-order valence-electron chi connectivity index (χ3n) is 6.23. The van der Waals surface area contributed by atoms with Gasteiger partial charge in [-0.15, -0.1) is 0 Å². The standard InChI is InChI=1S/C31H28N6O3/c1-3-7-21-8-6-13-34-31(21)28-17-24(16-27(36-28)26-9-4-5-12-33-26)39-19-23(37-32)18-35-22-10-11-25-20(2)14-30(38)40-29(25)15-22/h4-6,8-18H,3,7,19,32H2,1-2H3/b35-18?,37-23+. The number of fused-ring (bicyclic) bond motifs is 1. The van der Waals surface area contributed by atoms with Crippen molar-refractivity contribution in [3.63, 3.8) is 0 Å². The van der Waals surface area contributed by atoms with Gasteiger partial charge in [-0.1, -0.05) is 25.5 Å². The fraction of sp³-hybridized carbons (Fsp3) is 0.161. The lowest BCUT2D eigenvalue weighted by atomic mass is 10.1. The van der Waals surface area contributed by atoms with E-state index in [0.717, 1.165) is 40.7 Å². The van der Waals surface area contributed by atoms with Crippen molar-refractivity contribution in [2.45, 2.75) is 26.7 Å². The van der Waals surface area contributed by atoms with Crippen LogP contribution in [0.2, 0.25) is 0 Å². The molecule has 5 aromatic rings. The van der Waals surface area contributed by atoms with Crippen molar-refractivity contribution < 1.29 is 9.15 Å². The number of hydrazone groups is 1. The maximum atomic E-state index is 11.8. The Balaban J connectivity index is 1.41. The van der Waals surface area contributed by atoms with E-state index in [0.29, 0.717) is 34.1 Å². The minimum atomic E-state index is -0.405. The van der Waals surface area contributed by atoms with Crippen molar-refractivity contribution >= 4 is 28.6 Å². The normalized spacial score (nSPS) is 11.8. The first-order valence-electron chi connectivity index (χ1n) is 12.9. The van der Waals surface area contributed by atoms with Crippen molar-refractivity contribution in [1.29, 1.82) is 0 Å². The van der Waals surface area contributed by atoms with Gasteiger partial charge in [0.2, 0.25) is 0 Å². The predicted octanol–water partition coefficient (Wildman–Crippen LogP) is 5.67. The Hall–Kier alpha value is -5.18. The molecule has 0 unspecified atom stereocenters. The van der Waals surface area contributed by atoms with E-state index in [9.17, 15) is 4.79 Å². The summed E-state index contributed by atoms with van der Waals surface area (Å²) in [5.74, 6) is 6.22. The zero-order valence-corrected chi connectivity index (χ0v) is 22.2. The molecule has 200 valence electrons. The molecule has 0 aliphatic carbocycles. The van der Waals surface area contributed by atoms with Crippen LogP contribution in [0.25, 0.3) is 33.7 Å². The largest absolute Gasteiger partial charge is 0.487 e. The Kier molecular flexibility index (Phi) is 8.01. The number of benzene rings is 1. The van der Waals surface area contributed by atoms with Gasteiger partial charge < -0.3 is 15.0 Å². The van der Waals surface area contributed by atoms with E-state index in [-0.39, 0.29) is 6.61 Å². The Labute approximate surface area is 231 Å². The summed E-state index contributed by atoms with van der Waals surface area (Å²) in [4.78, 5) is 30.1. The van der Waals surface area contributed by atoms with Gasteiger partial charge in [-0.2, -0.15) is 5.10 Å². The van der Waals surface area contributed by atoms with Gasteiger partial charge in [0.05, 0.1) is 34.7 Å². The monoisotopic (exact) mass is 532 g/mol. The maximum absolute atomic E-state index is 11.8. The molecule has 5 rings (SSSR count). The van der Waals surface area contributed by atoms with E-state index in [1.165, 1.54) is 12.3 Å². The highest BCUT2D eigenvalue weighted by molar-refractivity contribution is 6.31. The van der Waals surface area contributed by atoms with E-state index < -0.39 is 5.63 Å². The van der Waals surface area contributed by atoms with Gasteiger partial charge in [-0.05, 0) is 54.8 Å². The van der Waals surface area contributed by atoms with Crippen LogP contribution in [0.15, 0.2) is 98.4 Å². The predicted molar refractivity (Wildman–Crippen MR) is 157 cm³/mol. The van der Waals surface area contributed by atoms with E-state index in [1.54, 1.807) is 18.5 Å². The fourth-order valence-corrected chi connectivity index (χ4v) is 4.30. The topological polar surface area (TPSA) is 129 Å². The second kappa shape index (κ2) is 12.1. The Morgan fingerprint density at radius 1 is 1.00 bits per heavy atom. The number of hydrogen-bond donors (Lipinski definition) is 1. The van der Waals surface area contributed by atoms with Crippen LogP contribution < -0.4 is 16.2 Å². The molecule has 0 aliphatic rings. The van der Waals surface area contributed by atoms with Crippen LogP contribution >= 0.6 is 0 Å². The lowest BCUT2D eigenvalue weighted by Gasteiger charge is -2.12. The molecule has 0 bridgehead atoms. The fourth-order valence-electron chi connectivity index (χ4n) is 4.30. The molecule has 0 saturated heterocycles. The summed E-state index contributed by atoms with van der Waals surface area (Å²) in [5, 5.41) is 4.69. The van der Waals surface area contributed by atoms with Crippen LogP contribution in [-0.4, -0.2) is 33.5 Å². The van der Waals surface area contributed by atoms with Gasteiger partial charge in [0, 0.05) is 42.0 Å². The van der Waals surface area contributed by atoms with Crippen LogP contribution in [0.1, 0.15) is 24.5 Å². The summed E-state index contributed by atoms with van der Waals surface area (Å²) in [6.45, 7) is 4.06. The molecule has 0 saturated carbocycles. The van der Waals surface area contributed by atoms with Crippen LogP contribution in [-0.2, 0) is 6.42 Å². The summed E-state index contributed by atoms with van der Waals surface area (Å²) in [6, 6.07) is 20.2. The molecule has 0 atom stereocenters. The van der Waals surface area contributed by atoms with Crippen molar-refractivity contribution in [1.82, 2.24) is 15.0 Å². The van der Waals surface area contributed by atoms with Crippen LogP contribution in [0.5, 0.6) is 5.75 Å². The molecule has 40 heavy (non-hydrogen) atoms. The van der Waals surface area contributed by atoms with Crippen molar-refractivity contribution in [2.75, 3.05) is 6.61 Å². The second-order valence-electron chi connectivity index (χ2n) is 9.15. The molecule has 2 N–H and O–H groups in total. The van der Waals surface area contributed by atoms with E-state index >= 15 is 0 Å². The highest BCUT2D eigenvalue weighted by Gasteiger charge is 2.13.